The van der Waals surface area contributed by atoms with E-state index >= 15 is 0 Å². The molecule has 2 aromatic carbocycles. The second-order valence-electron chi connectivity index (χ2n) is 8.40. The summed E-state index contributed by atoms with van der Waals surface area (Å²) in [5.74, 6) is 0.693. The van der Waals surface area contributed by atoms with Crippen LogP contribution < -0.4 is 9.64 Å². The fourth-order valence-electron chi connectivity index (χ4n) is 4.48. The van der Waals surface area contributed by atoms with Crippen LogP contribution in [0.1, 0.15) is 35.2 Å². The minimum absolute atomic E-state index is 0. The summed E-state index contributed by atoms with van der Waals surface area (Å²) in [6.07, 6.45) is 2.82. The molecule has 0 spiro atoms. The number of carbonyl (C=O) groups is 1. The zero-order chi connectivity index (χ0) is 22.7. The summed E-state index contributed by atoms with van der Waals surface area (Å²) < 4.78 is 33.4. The molecule has 1 amide bonds. The number of piperazine rings is 1. The van der Waals surface area contributed by atoms with E-state index in [1.54, 1.807) is 41.4 Å². The molecule has 0 unspecified atom stereocenters. The smallest absolute Gasteiger partial charge is 0.254 e. The first-order chi connectivity index (χ1) is 15.4. The van der Waals surface area contributed by atoms with Gasteiger partial charge in [0.05, 0.1) is 17.7 Å². The zero-order valence-electron chi connectivity index (χ0n) is 19.2. The molecule has 2 aliphatic heterocycles. The van der Waals surface area contributed by atoms with E-state index in [-0.39, 0.29) is 23.2 Å². The Morgan fingerprint density at radius 1 is 0.909 bits per heavy atom. The van der Waals surface area contributed by atoms with Crippen molar-refractivity contribution >= 4 is 34.0 Å². The van der Waals surface area contributed by atoms with Crippen LogP contribution in [0.4, 0.5) is 5.69 Å². The third-order valence-corrected chi connectivity index (χ3v) is 8.40. The summed E-state index contributed by atoms with van der Waals surface area (Å²) in [5.41, 5.74) is 2.12. The van der Waals surface area contributed by atoms with Gasteiger partial charge in [-0.15, -0.1) is 12.4 Å². The Hall–Kier alpha value is -2.29. The van der Waals surface area contributed by atoms with Gasteiger partial charge in [-0.1, -0.05) is 24.6 Å². The van der Waals surface area contributed by atoms with E-state index in [2.05, 4.69) is 4.90 Å². The Kier molecular flexibility index (Phi) is 8.26. The van der Waals surface area contributed by atoms with E-state index in [0.29, 0.717) is 50.4 Å². The van der Waals surface area contributed by atoms with Crippen molar-refractivity contribution < 1.29 is 17.9 Å². The van der Waals surface area contributed by atoms with Gasteiger partial charge in [0.1, 0.15) is 5.75 Å². The maximum absolute atomic E-state index is 13.2. The number of carbonyl (C=O) groups excluding carboxylic acids is 1. The first-order valence-corrected chi connectivity index (χ1v) is 12.6. The first kappa shape index (κ1) is 25.3. The monoisotopic (exact) mass is 493 g/mol. The highest BCUT2D eigenvalue weighted by Crippen LogP contribution is 2.29. The average Bonchev–Trinajstić information content (AvgIpc) is 2.84. The minimum Gasteiger partial charge on any atom is -0.495 e. The Balaban J connectivity index is 0.00000306. The Morgan fingerprint density at radius 3 is 2.24 bits per heavy atom. The van der Waals surface area contributed by atoms with Crippen molar-refractivity contribution in [3.8, 4) is 5.75 Å². The second-order valence-corrected chi connectivity index (χ2v) is 10.3. The number of para-hydroxylation sites is 2. The largest absolute Gasteiger partial charge is 0.495 e. The van der Waals surface area contributed by atoms with E-state index in [9.17, 15) is 13.2 Å². The maximum atomic E-state index is 13.2. The van der Waals surface area contributed by atoms with Crippen molar-refractivity contribution in [2.24, 2.45) is 0 Å². The van der Waals surface area contributed by atoms with Crippen LogP contribution in [0.5, 0.6) is 5.75 Å². The van der Waals surface area contributed by atoms with Gasteiger partial charge in [-0.25, -0.2) is 8.42 Å². The van der Waals surface area contributed by atoms with Crippen molar-refractivity contribution in [2.75, 3.05) is 51.3 Å². The molecular weight excluding hydrogens is 462 g/mol. The summed E-state index contributed by atoms with van der Waals surface area (Å²) in [5, 5.41) is 0. The lowest BCUT2D eigenvalue weighted by Crippen LogP contribution is -2.49. The number of halogens is 1. The summed E-state index contributed by atoms with van der Waals surface area (Å²) in [4.78, 5) is 17.5. The van der Waals surface area contributed by atoms with Crippen LogP contribution >= 0.6 is 12.4 Å². The van der Waals surface area contributed by atoms with Gasteiger partial charge in [0.2, 0.25) is 10.0 Å². The molecule has 0 atom stereocenters. The summed E-state index contributed by atoms with van der Waals surface area (Å²) in [6, 6.07) is 12.9. The number of benzene rings is 2. The molecule has 2 aromatic rings. The van der Waals surface area contributed by atoms with Gasteiger partial charge in [-0.3, -0.25) is 4.79 Å². The number of amides is 1. The number of hydrogen-bond acceptors (Lipinski definition) is 5. The maximum Gasteiger partial charge on any atom is 0.254 e. The molecule has 0 radical (unpaired) electrons. The van der Waals surface area contributed by atoms with Gasteiger partial charge in [0.25, 0.3) is 5.91 Å². The molecule has 0 bridgehead atoms. The Morgan fingerprint density at radius 2 is 1.58 bits per heavy atom. The fraction of sp³-hybridized carbons (Fsp3) is 0.458. The number of aryl methyl sites for hydroxylation is 1. The zero-order valence-corrected chi connectivity index (χ0v) is 20.8. The molecule has 0 aliphatic carbocycles. The minimum atomic E-state index is -3.59. The van der Waals surface area contributed by atoms with Gasteiger partial charge in [0, 0.05) is 44.8 Å². The van der Waals surface area contributed by atoms with Gasteiger partial charge in [-0.2, -0.15) is 4.31 Å². The number of sulfonamides is 1. The van der Waals surface area contributed by atoms with Gasteiger partial charge in [-0.05, 0) is 49.6 Å². The quantitative estimate of drug-likeness (QED) is 0.637. The lowest BCUT2D eigenvalue weighted by Gasteiger charge is -2.36. The lowest BCUT2D eigenvalue weighted by molar-refractivity contribution is 0.0746. The van der Waals surface area contributed by atoms with E-state index in [1.165, 1.54) is 0 Å². The number of ether oxygens (including phenoxy) is 1. The Labute approximate surface area is 202 Å². The molecule has 2 saturated heterocycles. The van der Waals surface area contributed by atoms with Crippen LogP contribution in [0.25, 0.3) is 0 Å². The molecule has 7 nitrogen and oxygen atoms in total. The lowest BCUT2D eigenvalue weighted by atomic mass is 10.1. The topological polar surface area (TPSA) is 70.2 Å². The summed E-state index contributed by atoms with van der Waals surface area (Å²) >= 11 is 0. The van der Waals surface area contributed by atoms with Gasteiger partial charge >= 0.3 is 0 Å². The normalized spacial score (nSPS) is 17.4. The molecule has 0 N–H and O–H groups in total. The molecule has 0 aromatic heterocycles. The molecular formula is C24H32ClN3O4S. The third-order valence-electron chi connectivity index (χ3n) is 6.36. The highest BCUT2D eigenvalue weighted by molar-refractivity contribution is 7.89. The van der Waals surface area contributed by atoms with E-state index in [4.69, 9.17) is 4.74 Å². The van der Waals surface area contributed by atoms with Crippen LogP contribution in [-0.4, -0.2) is 69.9 Å². The molecule has 180 valence electrons. The van der Waals surface area contributed by atoms with Crippen LogP contribution in [-0.2, 0) is 10.0 Å². The van der Waals surface area contributed by atoms with Crippen LogP contribution in [0.2, 0.25) is 0 Å². The van der Waals surface area contributed by atoms with Crippen LogP contribution in [0.15, 0.2) is 47.4 Å². The number of hydrogen-bond donors (Lipinski definition) is 0. The van der Waals surface area contributed by atoms with Crippen molar-refractivity contribution in [1.82, 2.24) is 9.21 Å². The molecule has 4 rings (SSSR count). The molecule has 2 fully saturated rings. The van der Waals surface area contributed by atoms with E-state index < -0.39 is 10.0 Å². The van der Waals surface area contributed by atoms with Crippen molar-refractivity contribution in [2.45, 2.75) is 31.1 Å². The van der Waals surface area contributed by atoms with Crippen molar-refractivity contribution in [1.29, 1.82) is 0 Å². The number of methoxy groups -OCH3 is 1. The summed E-state index contributed by atoms with van der Waals surface area (Å²) in [7, 11) is -1.93. The van der Waals surface area contributed by atoms with E-state index in [1.807, 2.05) is 24.3 Å². The highest BCUT2D eigenvalue weighted by Gasteiger charge is 2.29. The van der Waals surface area contributed by atoms with Crippen molar-refractivity contribution in [3.05, 3.63) is 53.6 Å². The van der Waals surface area contributed by atoms with Crippen LogP contribution in [0, 0.1) is 6.92 Å². The standard InChI is InChI=1S/C24H31N3O4S.ClH/c1-19-10-11-20(18-23(19)32(29,30)27-12-6-3-7-13-27)24(28)26-16-14-25(15-17-26)21-8-4-5-9-22(21)31-2;/h4-5,8-11,18H,3,6-7,12-17H2,1-2H3;1H. The third kappa shape index (κ3) is 5.28. The predicted molar refractivity (Wildman–Crippen MR) is 132 cm³/mol. The highest BCUT2D eigenvalue weighted by atomic mass is 35.5. The molecule has 2 aliphatic rings. The van der Waals surface area contributed by atoms with E-state index in [0.717, 1.165) is 30.7 Å². The average molecular weight is 494 g/mol. The molecule has 9 heteroatoms. The molecule has 2 heterocycles. The SMILES string of the molecule is COc1ccccc1N1CCN(C(=O)c2ccc(C)c(S(=O)(=O)N3CCCCC3)c2)CC1.Cl. The number of nitrogens with zero attached hydrogens (tertiary/aromatic N) is 3. The number of piperidine rings is 1. The van der Waals surface area contributed by atoms with Gasteiger partial charge in [0.15, 0.2) is 0 Å². The molecule has 0 saturated carbocycles. The number of rotatable bonds is 5. The van der Waals surface area contributed by atoms with Crippen molar-refractivity contribution in [3.63, 3.8) is 0 Å². The van der Waals surface area contributed by atoms with Gasteiger partial charge < -0.3 is 14.5 Å². The fourth-order valence-corrected chi connectivity index (χ4v) is 6.25. The predicted octanol–water partition coefficient (Wildman–Crippen LogP) is 3.56. The number of anilines is 1. The van der Waals surface area contributed by atoms with Crippen LogP contribution in [0.3, 0.4) is 0 Å². The molecule has 33 heavy (non-hydrogen) atoms. The Bertz CT molecular complexity index is 1080. The second kappa shape index (κ2) is 10.8. The summed E-state index contributed by atoms with van der Waals surface area (Å²) in [6.45, 7) is 5.40. The first-order valence-electron chi connectivity index (χ1n) is 11.2.